The van der Waals surface area contributed by atoms with Crippen molar-refractivity contribution in [2.75, 3.05) is 37.7 Å². The molecule has 0 saturated carbocycles. The van der Waals surface area contributed by atoms with Crippen molar-refractivity contribution < 1.29 is 9.53 Å². The van der Waals surface area contributed by atoms with Crippen LogP contribution in [0.4, 0.5) is 5.82 Å². The number of hydrogen-bond acceptors (Lipinski definition) is 5. The highest BCUT2D eigenvalue weighted by atomic mass is 35.5. The van der Waals surface area contributed by atoms with Gasteiger partial charge in [-0.1, -0.05) is 41.9 Å². The molecule has 0 atom stereocenters. The Kier molecular flexibility index (Phi) is 5.67. The van der Waals surface area contributed by atoms with Gasteiger partial charge in [0.05, 0.1) is 17.2 Å². The summed E-state index contributed by atoms with van der Waals surface area (Å²) in [5.41, 5.74) is 1.52. The summed E-state index contributed by atoms with van der Waals surface area (Å²) < 4.78 is 5.31. The molecule has 1 aromatic heterocycles. The first-order valence-electron chi connectivity index (χ1n) is 8.06. The van der Waals surface area contributed by atoms with Crippen LogP contribution in [-0.4, -0.2) is 43.7 Å². The minimum absolute atomic E-state index is 0.333. The predicted molar refractivity (Wildman–Crippen MR) is 94.8 cm³/mol. The third-order valence-corrected chi connectivity index (χ3v) is 4.22. The molecule has 1 N–H and O–H groups in total. The zero-order valence-electron chi connectivity index (χ0n) is 13.4. The predicted octanol–water partition coefficient (Wildman–Crippen LogP) is 2.54. The third-order valence-electron chi connectivity index (χ3n) is 3.94. The van der Waals surface area contributed by atoms with Gasteiger partial charge in [-0.05, 0) is 11.6 Å². The van der Waals surface area contributed by atoms with Crippen molar-refractivity contribution in [3.05, 3.63) is 58.7 Å². The van der Waals surface area contributed by atoms with Crippen molar-refractivity contribution >= 4 is 23.4 Å². The molecule has 6 heteroatoms. The lowest BCUT2D eigenvalue weighted by Gasteiger charge is -2.29. The SMILES string of the molecule is O=C(OCCc1ccccc1)c1cnc(N2CCNCC2)c(Cl)c1. The molecule has 0 bridgehead atoms. The molecule has 0 unspecified atom stereocenters. The molecule has 0 aliphatic carbocycles. The van der Waals surface area contributed by atoms with Gasteiger partial charge in [0.2, 0.25) is 0 Å². The number of benzene rings is 1. The molecule has 24 heavy (non-hydrogen) atoms. The zero-order chi connectivity index (χ0) is 16.8. The first-order chi connectivity index (χ1) is 11.7. The number of pyridine rings is 1. The maximum absolute atomic E-state index is 12.1. The van der Waals surface area contributed by atoms with Crippen LogP contribution in [0.2, 0.25) is 5.02 Å². The van der Waals surface area contributed by atoms with E-state index in [0.717, 1.165) is 37.6 Å². The molecule has 1 fully saturated rings. The highest BCUT2D eigenvalue weighted by Gasteiger charge is 2.17. The van der Waals surface area contributed by atoms with Gasteiger partial charge in [0.1, 0.15) is 5.82 Å². The smallest absolute Gasteiger partial charge is 0.339 e. The van der Waals surface area contributed by atoms with Gasteiger partial charge < -0.3 is 15.0 Å². The number of piperazine rings is 1. The number of halogens is 1. The Balaban J connectivity index is 1.57. The molecule has 5 nitrogen and oxygen atoms in total. The lowest BCUT2D eigenvalue weighted by atomic mass is 10.2. The summed E-state index contributed by atoms with van der Waals surface area (Å²) in [6.07, 6.45) is 2.22. The van der Waals surface area contributed by atoms with Crippen LogP contribution in [0.5, 0.6) is 0 Å². The third kappa shape index (κ3) is 4.24. The monoisotopic (exact) mass is 345 g/mol. The molecule has 3 rings (SSSR count). The van der Waals surface area contributed by atoms with E-state index in [4.69, 9.17) is 16.3 Å². The summed E-state index contributed by atoms with van der Waals surface area (Å²) in [7, 11) is 0. The van der Waals surface area contributed by atoms with E-state index in [9.17, 15) is 4.79 Å². The number of carbonyl (C=O) groups excluding carboxylic acids is 1. The van der Waals surface area contributed by atoms with Crippen LogP contribution in [0.1, 0.15) is 15.9 Å². The molecular weight excluding hydrogens is 326 g/mol. The maximum atomic E-state index is 12.1. The molecule has 0 radical (unpaired) electrons. The number of esters is 1. The molecule has 2 heterocycles. The molecule has 1 saturated heterocycles. The second-order valence-electron chi connectivity index (χ2n) is 5.64. The number of hydrogen-bond donors (Lipinski definition) is 1. The maximum Gasteiger partial charge on any atom is 0.339 e. The lowest BCUT2D eigenvalue weighted by molar-refractivity contribution is 0.0509. The molecular formula is C18H20ClN3O2. The molecule has 2 aromatic rings. The largest absolute Gasteiger partial charge is 0.462 e. The van der Waals surface area contributed by atoms with Gasteiger partial charge in [0, 0.05) is 38.8 Å². The first kappa shape index (κ1) is 16.7. The van der Waals surface area contributed by atoms with Crippen LogP contribution < -0.4 is 10.2 Å². The summed E-state index contributed by atoms with van der Waals surface area (Å²) in [5, 5.41) is 3.76. The first-order valence-corrected chi connectivity index (χ1v) is 8.44. The number of nitrogens with one attached hydrogen (secondary N) is 1. The summed E-state index contributed by atoms with van der Waals surface area (Å²) in [5.74, 6) is 0.325. The molecule has 1 aromatic carbocycles. The van der Waals surface area contributed by atoms with Gasteiger partial charge in [0.15, 0.2) is 0 Å². The van der Waals surface area contributed by atoms with Crippen molar-refractivity contribution in [1.82, 2.24) is 10.3 Å². The van der Waals surface area contributed by atoms with E-state index in [1.54, 1.807) is 6.07 Å². The average Bonchev–Trinajstić information content (AvgIpc) is 2.63. The minimum atomic E-state index is -0.396. The lowest BCUT2D eigenvalue weighted by Crippen LogP contribution is -2.44. The molecule has 1 aliphatic rings. The Hall–Kier alpha value is -2.11. The topological polar surface area (TPSA) is 54.5 Å². The summed E-state index contributed by atoms with van der Waals surface area (Å²) in [4.78, 5) is 18.6. The van der Waals surface area contributed by atoms with Crippen LogP contribution in [0.25, 0.3) is 0 Å². The summed E-state index contributed by atoms with van der Waals surface area (Å²) >= 11 is 6.30. The zero-order valence-corrected chi connectivity index (χ0v) is 14.1. The molecule has 126 valence electrons. The second kappa shape index (κ2) is 8.13. The number of aromatic nitrogens is 1. The molecule has 0 spiro atoms. The fourth-order valence-corrected chi connectivity index (χ4v) is 2.93. The fourth-order valence-electron chi connectivity index (χ4n) is 2.64. The van der Waals surface area contributed by atoms with Gasteiger partial charge in [-0.25, -0.2) is 9.78 Å². The van der Waals surface area contributed by atoms with Crippen molar-refractivity contribution in [2.24, 2.45) is 0 Å². The Morgan fingerprint density at radius 1 is 1.25 bits per heavy atom. The van der Waals surface area contributed by atoms with E-state index in [1.807, 2.05) is 30.3 Å². The van der Waals surface area contributed by atoms with E-state index in [2.05, 4.69) is 15.2 Å². The quantitative estimate of drug-likeness (QED) is 0.844. The van der Waals surface area contributed by atoms with Crippen LogP contribution in [0.3, 0.4) is 0 Å². The standard InChI is InChI=1S/C18H20ClN3O2/c19-16-12-15(13-21-17(16)22-9-7-20-8-10-22)18(23)24-11-6-14-4-2-1-3-5-14/h1-5,12-13,20H,6-11H2. The van der Waals surface area contributed by atoms with E-state index in [1.165, 1.54) is 6.20 Å². The van der Waals surface area contributed by atoms with E-state index >= 15 is 0 Å². The highest BCUT2D eigenvalue weighted by molar-refractivity contribution is 6.33. The molecule has 0 amide bonds. The minimum Gasteiger partial charge on any atom is -0.462 e. The summed E-state index contributed by atoms with van der Waals surface area (Å²) in [6.45, 7) is 3.85. The van der Waals surface area contributed by atoms with Gasteiger partial charge in [-0.2, -0.15) is 0 Å². The number of ether oxygens (including phenoxy) is 1. The number of carbonyl (C=O) groups is 1. The fraction of sp³-hybridized carbons (Fsp3) is 0.333. The van der Waals surface area contributed by atoms with Crippen molar-refractivity contribution in [2.45, 2.75) is 6.42 Å². The number of rotatable bonds is 5. The van der Waals surface area contributed by atoms with Crippen LogP contribution in [0.15, 0.2) is 42.6 Å². The highest BCUT2D eigenvalue weighted by Crippen LogP contribution is 2.24. The Morgan fingerprint density at radius 2 is 2.00 bits per heavy atom. The van der Waals surface area contributed by atoms with E-state index in [0.29, 0.717) is 23.6 Å². The van der Waals surface area contributed by atoms with Crippen LogP contribution in [-0.2, 0) is 11.2 Å². The van der Waals surface area contributed by atoms with Gasteiger partial charge >= 0.3 is 5.97 Å². The van der Waals surface area contributed by atoms with Crippen LogP contribution in [0, 0.1) is 0 Å². The normalized spacial score (nSPS) is 14.5. The Labute approximate surface area is 146 Å². The number of nitrogens with zero attached hydrogens (tertiary/aromatic N) is 2. The Morgan fingerprint density at radius 3 is 2.71 bits per heavy atom. The second-order valence-corrected chi connectivity index (χ2v) is 6.05. The van der Waals surface area contributed by atoms with Crippen molar-refractivity contribution in [1.29, 1.82) is 0 Å². The molecule has 1 aliphatic heterocycles. The van der Waals surface area contributed by atoms with Gasteiger partial charge in [-0.15, -0.1) is 0 Å². The number of anilines is 1. The van der Waals surface area contributed by atoms with Gasteiger partial charge in [0.25, 0.3) is 0 Å². The average molecular weight is 346 g/mol. The Bertz CT molecular complexity index is 688. The van der Waals surface area contributed by atoms with Crippen molar-refractivity contribution in [3.8, 4) is 0 Å². The van der Waals surface area contributed by atoms with Crippen LogP contribution >= 0.6 is 11.6 Å². The van der Waals surface area contributed by atoms with E-state index < -0.39 is 5.97 Å². The summed E-state index contributed by atoms with van der Waals surface area (Å²) in [6, 6.07) is 11.5. The van der Waals surface area contributed by atoms with E-state index in [-0.39, 0.29) is 0 Å². The van der Waals surface area contributed by atoms with Gasteiger partial charge in [-0.3, -0.25) is 0 Å². The van der Waals surface area contributed by atoms with Crippen molar-refractivity contribution in [3.63, 3.8) is 0 Å².